The predicted molar refractivity (Wildman–Crippen MR) is 99.1 cm³/mol. The lowest BCUT2D eigenvalue weighted by Gasteiger charge is -2.16. The minimum atomic E-state index is -0.111. The Hall–Kier alpha value is -2.21. The number of ether oxygens (including phenoxy) is 2. The molecule has 2 heterocycles. The van der Waals surface area contributed by atoms with Crippen LogP contribution in [0.25, 0.3) is 0 Å². The van der Waals surface area contributed by atoms with Gasteiger partial charge in [-0.1, -0.05) is 11.6 Å². The van der Waals surface area contributed by atoms with Crippen LogP contribution in [0.3, 0.4) is 0 Å². The Morgan fingerprint density at radius 2 is 2.19 bits per heavy atom. The van der Waals surface area contributed by atoms with Crippen LogP contribution < -0.4 is 14.8 Å². The summed E-state index contributed by atoms with van der Waals surface area (Å²) in [5.74, 6) is 2.44. The minimum Gasteiger partial charge on any atom is -0.489 e. The molecule has 1 N–H and O–H groups in total. The van der Waals surface area contributed by atoms with Gasteiger partial charge in [0, 0.05) is 12.5 Å². The molecule has 1 amide bonds. The lowest BCUT2D eigenvalue weighted by Crippen LogP contribution is -2.19. The maximum Gasteiger partial charge on any atom is 0.229 e. The summed E-state index contributed by atoms with van der Waals surface area (Å²) < 4.78 is 13.2. The van der Waals surface area contributed by atoms with Gasteiger partial charge in [0.2, 0.25) is 5.91 Å². The number of carbonyl (C=O) groups excluding carboxylic acids is 1. The fraction of sp³-hybridized carbons (Fsp3) is 0.474. The third-order valence-electron chi connectivity index (χ3n) is 4.85. The normalized spacial score (nSPS) is 17.5. The van der Waals surface area contributed by atoms with Crippen LogP contribution in [-0.4, -0.2) is 28.9 Å². The first kappa shape index (κ1) is 17.2. The standard InChI is InChI=1S/C19H22ClN3O3/c1-12(14-3-4-14)23-17(5-6-21-23)22-18(24)11-13-9-15(20)19-16(10-13)25-7-2-8-26-19/h5-6,9-10,12,14H,2-4,7-8,11H2,1H3,(H,22,24). The average Bonchev–Trinajstić information content (AvgIpc) is 3.39. The Morgan fingerprint density at radius 3 is 3.00 bits per heavy atom. The van der Waals surface area contributed by atoms with Gasteiger partial charge in [-0.3, -0.25) is 4.79 Å². The molecule has 0 spiro atoms. The highest BCUT2D eigenvalue weighted by molar-refractivity contribution is 6.32. The van der Waals surface area contributed by atoms with Crippen molar-refractivity contribution < 1.29 is 14.3 Å². The van der Waals surface area contributed by atoms with Gasteiger partial charge in [-0.2, -0.15) is 5.10 Å². The molecule has 1 unspecified atom stereocenters. The minimum absolute atomic E-state index is 0.111. The molecule has 7 heteroatoms. The highest BCUT2D eigenvalue weighted by Gasteiger charge is 2.30. The zero-order chi connectivity index (χ0) is 18.1. The molecule has 1 aliphatic heterocycles. The summed E-state index contributed by atoms with van der Waals surface area (Å²) >= 11 is 6.30. The van der Waals surface area contributed by atoms with Crippen LogP contribution in [0.5, 0.6) is 11.5 Å². The highest BCUT2D eigenvalue weighted by Crippen LogP contribution is 2.40. The first-order valence-corrected chi connectivity index (χ1v) is 9.41. The van der Waals surface area contributed by atoms with Crippen molar-refractivity contribution in [3.8, 4) is 11.5 Å². The van der Waals surface area contributed by atoms with Crippen LogP contribution in [0.4, 0.5) is 5.82 Å². The fourth-order valence-electron chi connectivity index (χ4n) is 3.27. The van der Waals surface area contributed by atoms with E-state index in [9.17, 15) is 4.79 Å². The summed E-state index contributed by atoms with van der Waals surface area (Å²) in [5.41, 5.74) is 0.790. The molecule has 2 aliphatic rings. The lowest BCUT2D eigenvalue weighted by molar-refractivity contribution is -0.115. The molecule has 1 aromatic heterocycles. The van der Waals surface area contributed by atoms with E-state index in [1.807, 2.05) is 16.8 Å². The number of aromatic nitrogens is 2. The smallest absolute Gasteiger partial charge is 0.229 e. The summed E-state index contributed by atoms with van der Waals surface area (Å²) in [6.45, 7) is 3.30. The van der Waals surface area contributed by atoms with E-state index in [0.717, 1.165) is 17.8 Å². The van der Waals surface area contributed by atoms with Crippen molar-refractivity contribution >= 4 is 23.3 Å². The third kappa shape index (κ3) is 3.65. The van der Waals surface area contributed by atoms with E-state index in [1.165, 1.54) is 12.8 Å². The van der Waals surface area contributed by atoms with E-state index in [2.05, 4.69) is 17.3 Å². The predicted octanol–water partition coefficient (Wildman–Crippen LogP) is 3.85. The van der Waals surface area contributed by atoms with Crippen molar-refractivity contribution in [1.82, 2.24) is 9.78 Å². The maximum absolute atomic E-state index is 12.5. The Kier molecular flexibility index (Phi) is 4.76. The quantitative estimate of drug-likeness (QED) is 0.862. The molecular weight excluding hydrogens is 354 g/mol. The monoisotopic (exact) mass is 375 g/mol. The first-order chi connectivity index (χ1) is 12.6. The van der Waals surface area contributed by atoms with Crippen LogP contribution in [-0.2, 0) is 11.2 Å². The number of amides is 1. The Morgan fingerprint density at radius 1 is 1.38 bits per heavy atom. The number of carbonyl (C=O) groups is 1. The summed E-state index contributed by atoms with van der Waals surface area (Å²) in [7, 11) is 0. The molecule has 1 fully saturated rings. The molecule has 4 rings (SSSR count). The van der Waals surface area contributed by atoms with Gasteiger partial charge in [0.1, 0.15) is 5.82 Å². The topological polar surface area (TPSA) is 65.4 Å². The van der Waals surface area contributed by atoms with Gasteiger partial charge in [0.15, 0.2) is 11.5 Å². The van der Waals surface area contributed by atoms with Gasteiger partial charge in [0.25, 0.3) is 0 Å². The molecule has 1 saturated carbocycles. The number of hydrogen-bond acceptors (Lipinski definition) is 4. The van der Waals surface area contributed by atoms with Gasteiger partial charge in [-0.05, 0) is 43.4 Å². The molecule has 6 nitrogen and oxygen atoms in total. The number of hydrogen-bond donors (Lipinski definition) is 1. The van der Waals surface area contributed by atoms with E-state index < -0.39 is 0 Å². The van der Waals surface area contributed by atoms with Gasteiger partial charge in [-0.25, -0.2) is 4.68 Å². The lowest BCUT2D eigenvalue weighted by atomic mass is 10.1. The van der Waals surface area contributed by atoms with Crippen LogP contribution in [0.2, 0.25) is 5.02 Å². The zero-order valence-corrected chi connectivity index (χ0v) is 15.5. The molecule has 1 atom stereocenters. The molecule has 26 heavy (non-hydrogen) atoms. The van der Waals surface area contributed by atoms with Gasteiger partial charge >= 0.3 is 0 Å². The molecule has 2 aromatic rings. The summed E-state index contributed by atoms with van der Waals surface area (Å²) in [6, 6.07) is 5.72. The van der Waals surface area contributed by atoms with E-state index in [1.54, 1.807) is 12.3 Å². The van der Waals surface area contributed by atoms with Crippen molar-refractivity contribution in [2.75, 3.05) is 18.5 Å². The molecular formula is C19H22ClN3O3. The molecule has 1 aliphatic carbocycles. The molecule has 1 aromatic carbocycles. The van der Waals surface area contributed by atoms with Crippen LogP contribution >= 0.6 is 11.6 Å². The number of nitrogens with zero attached hydrogens (tertiary/aromatic N) is 2. The summed E-state index contributed by atoms with van der Waals surface area (Å²) in [4.78, 5) is 12.5. The third-order valence-corrected chi connectivity index (χ3v) is 5.14. The van der Waals surface area contributed by atoms with Crippen molar-refractivity contribution in [1.29, 1.82) is 0 Å². The number of fused-ring (bicyclic) bond motifs is 1. The SMILES string of the molecule is CC(C1CC1)n1nccc1NC(=O)Cc1cc(Cl)c2c(c1)OCCCO2. The Bertz CT molecular complexity index is 816. The van der Waals surface area contributed by atoms with Crippen LogP contribution in [0.1, 0.15) is 37.8 Å². The number of nitrogens with one attached hydrogen (secondary N) is 1. The molecule has 0 bridgehead atoms. The number of anilines is 1. The van der Waals surface area contributed by atoms with Crippen molar-refractivity contribution in [3.05, 3.63) is 35.0 Å². The molecule has 0 radical (unpaired) electrons. The van der Waals surface area contributed by atoms with Crippen molar-refractivity contribution in [2.24, 2.45) is 5.92 Å². The van der Waals surface area contributed by atoms with Crippen molar-refractivity contribution in [2.45, 2.75) is 38.6 Å². The molecule has 0 saturated heterocycles. The second kappa shape index (κ2) is 7.19. The first-order valence-electron chi connectivity index (χ1n) is 9.03. The Balaban J connectivity index is 1.46. The fourth-order valence-corrected chi connectivity index (χ4v) is 3.56. The van der Waals surface area contributed by atoms with Gasteiger partial charge in [-0.15, -0.1) is 0 Å². The van der Waals surface area contributed by atoms with E-state index >= 15 is 0 Å². The maximum atomic E-state index is 12.5. The number of benzene rings is 1. The zero-order valence-electron chi connectivity index (χ0n) is 14.7. The summed E-state index contributed by atoms with van der Waals surface area (Å²) in [6.07, 6.45) is 5.19. The second-order valence-corrected chi connectivity index (χ2v) is 7.33. The van der Waals surface area contributed by atoms with E-state index in [0.29, 0.717) is 41.7 Å². The van der Waals surface area contributed by atoms with Crippen LogP contribution in [0.15, 0.2) is 24.4 Å². The van der Waals surface area contributed by atoms with Gasteiger partial charge in [0.05, 0.1) is 36.9 Å². The van der Waals surface area contributed by atoms with Gasteiger partial charge < -0.3 is 14.8 Å². The Labute approximate surface area is 157 Å². The van der Waals surface area contributed by atoms with Crippen LogP contribution in [0, 0.1) is 5.92 Å². The number of halogens is 1. The number of rotatable bonds is 5. The molecule has 138 valence electrons. The summed E-state index contributed by atoms with van der Waals surface area (Å²) in [5, 5.41) is 7.80. The largest absolute Gasteiger partial charge is 0.489 e. The second-order valence-electron chi connectivity index (χ2n) is 6.92. The van der Waals surface area contributed by atoms with Crippen molar-refractivity contribution in [3.63, 3.8) is 0 Å². The average molecular weight is 376 g/mol. The van der Waals surface area contributed by atoms with E-state index in [4.69, 9.17) is 21.1 Å². The van der Waals surface area contributed by atoms with E-state index in [-0.39, 0.29) is 12.3 Å². The highest BCUT2D eigenvalue weighted by atomic mass is 35.5.